The van der Waals surface area contributed by atoms with Gasteiger partial charge in [-0.15, -0.1) is 0 Å². The molecule has 2 aromatic carbocycles. The molecule has 19 heavy (non-hydrogen) atoms. The number of nitrogens with two attached hydrogens (primary N) is 1. The summed E-state index contributed by atoms with van der Waals surface area (Å²) in [5.41, 5.74) is 7.94. The first-order valence-corrected chi connectivity index (χ1v) is 7.00. The maximum absolute atomic E-state index is 5.84. The van der Waals surface area contributed by atoms with Crippen LogP contribution in [0, 0.1) is 0 Å². The van der Waals surface area contributed by atoms with Crippen LogP contribution in [-0.2, 0) is 6.54 Å². The molecule has 1 aromatic heterocycles. The lowest BCUT2D eigenvalue weighted by Crippen LogP contribution is -2.00. The Bertz CT molecular complexity index is 695. The Morgan fingerprint density at radius 3 is 2.47 bits per heavy atom. The van der Waals surface area contributed by atoms with E-state index in [1.807, 2.05) is 36.4 Å². The summed E-state index contributed by atoms with van der Waals surface area (Å²) in [5, 5.41) is 2.13. The van der Waals surface area contributed by atoms with Crippen molar-refractivity contribution in [2.75, 3.05) is 0 Å². The van der Waals surface area contributed by atoms with E-state index in [4.69, 9.17) is 10.7 Å². The van der Waals surface area contributed by atoms with Crippen LogP contribution in [0.5, 0.6) is 0 Å². The summed E-state index contributed by atoms with van der Waals surface area (Å²) in [5.74, 6) is 0. The number of rotatable bonds is 3. The Morgan fingerprint density at radius 1 is 0.947 bits per heavy atom. The number of para-hydroxylation sites is 1. The molecule has 2 N–H and O–H groups in total. The van der Waals surface area contributed by atoms with Gasteiger partial charge in [0.25, 0.3) is 0 Å². The van der Waals surface area contributed by atoms with Gasteiger partial charge in [-0.05, 0) is 29.8 Å². The number of fused-ring (bicyclic) bond motifs is 1. The molecule has 0 aliphatic heterocycles. The summed E-state index contributed by atoms with van der Waals surface area (Å²) in [6.07, 6.45) is 0. The van der Waals surface area contributed by atoms with Gasteiger partial charge in [-0.3, -0.25) is 0 Å². The van der Waals surface area contributed by atoms with Crippen LogP contribution in [0.1, 0.15) is 5.56 Å². The first-order valence-electron chi connectivity index (χ1n) is 6.18. The van der Waals surface area contributed by atoms with Crippen LogP contribution < -0.4 is 5.73 Å². The highest BCUT2D eigenvalue weighted by atomic mass is 32.2. The van der Waals surface area contributed by atoms with Crippen molar-refractivity contribution in [1.29, 1.82) is 0 Å². The van der Waals surface area contributed by atoms with Gasteiger partial charge in [0.2, 0.25) is 0 Å². The van der Waals surface area contributed by atoms with E-state index in [9.17, 15) is 0 Å². The van der Waals surface area contributed by atoms with Crippen molar-refractivity contribution < 1.29 is 0 Å². The van der Waals surface area contributed by atoms with Gasteiger partial charge < -0.3 is 5.73 Å². The molecule has 0 aliphatic carbocycles. The molecule has 0 bridgehead atoms. The van der Waals surface area contributed by atoms with Crippen LogP contribution in [0.15, 0.2) is 70.6 Å². The highest BCUT2D eigenvalue weighted by Crippen LogP contribution is 2.30. The maximum atomic E-state index is 5.84. The smallest absolute Gasteiger partial charge is 0.106 e. The second-order valence-electron chi connectivity index (χ2n) is 4.26. The molecule has 0 unspecified atom stereocenters. The zero-order valence-corrected chi connectivity index (χ0v) is 11.2. The predicted octanol–water partition coefficient (Wildman–Crippen LogP) is 3.84. The fourth-order valence-electron chi connectivity index (χ4n) is 1.98. The molecule has 0 fully saturated rings. The lowest BCUT2D eigenvalue weighted by Gasteiger charge is -2.08. The fourth-order valence-corrected chi connectivity index (χ4v) is 2.91. The number of pyridine rings is 1. The highest BCUT2D eigenvalue weighted by molar-refractivity contribution is 7.99. The van der Waals surface area contributed by atoms with Gasteiger partial charge in [0, 0.05) is 16.8 Å². The standard InChI is InChI=1S/C16H14N2S/c17-11-13-10-12-6-4-5-9-15(12)18-16(13)19-14-7-2-1-3-8-14/h1-10H,11,17H2. The van der Waals surface area contributed by atoms with Gasteiger partial charge in [0.1, 0.15) is 5.03 Å². The molecule has 3 aromatic rings. The second-order valence-corrected chi connectivity index (χ2v) is 5.33. The summed E-state index contributed by atoms with van der Waals surface area (Å²) in [6, 6.07) is 20.5. The van der Waals surface area contributed by atoms with Crippen LogP contribution in [0.4, 0.5) is 0 Å². The molecule has 0 spiro atoms. The van der Waals surface area contributed by atoms with E-state index in [1.165, 1.54) is 4.90 Å². The minimum atomic E-state index is 0.507. The molecular formula is C16H14N2S. The Kier molecular flexibility index (Phi) is 3.49. The van der Waals surface area contributed by atoms with E-state index in [0.29, 0.717) is 6.54 Å². The third-order valence-electron chi connectivity index (χ3n) is 2.94. The summed E-state index contributed by atoms with van der Waals surface area (Å²) >= 11 is 1.66. The average Bonchev–Trinajstić information content (AvgIpc) is 2.47. The Morgan fingerprint density at radius 2 is 1.68 bits per heavy atom. The molecule has 0 aliphatic rings. The van der Waals surface area contributed by atoms with Crippen molar-refractivity contribution in [1.82, 2.24) is 4.98 Å². The van der Waals surface area contributed by atoms with Gasteiger partial charge in [-0.25, -0.2) is 4.98 Å². The average molecular weight is 266 g/mol. The largest absolute Gasteiger partial charge is 0.326 e. The van der Waals surface area contributed by atoms with E-state index in [2.05, 4.69) is 24.3 Å². The van der Waals surface area contributed by atoms with Gasteiger partial charge in [0.05, 0.1) is 5.52 Å². The lowest BCUT2D eigenvalue weighted by atomic mass is 10.1. The zero-order valence-electron chi connectivity index (χ0n) is 10.4. The normalized spacial score (nSPS) is 10.8. The Labute approximate surface area is 116 Å². The van der Waals surface area contributed by atoms with Crippen LogP contribution >= 0.6 is 11.8 Å². The van der Waals surface area contributed by atoms with Gasteiger partial charge in [-0.2, -0.15) is 0 Å². The summed E-state index contributed by atoms with van der Waals surface area (Å²) in [4.78, 5) is 5.90. The van der Waals surface area contributed by atoms with E-state index >= 15 is 0 Å². The molecule has 1 heterocycles. The van der Waals surface area contributed by atoms with Crippen molar-refractivity contribution in [2.45, 2.75) is 16.5 Å². The molecule has 2 nitrogen and oxygen atoms in total. The van der Waals surface area contributed by atoms with Gasteiger partial charge in [-0.1, -0.05) is 48.2 Å². The van der Waals surface area contributed by atoms with Crippen LogP contribution in [0.2, 0.25) is 0 Å². The third-order valence-corrected chi connectivity index (χ3v) is 4.00. The van der Waals surface area contributed by atoms with E-state index in [-0.39, 0.29) is 0 Å². The van der Waals surface area contributed by atoms with Gasteiger partial charge >= 0.3 is 0 Å². The first-order chi connectivity index (χ1) is 9.36. The molecule has 3 rings (SSSR count). The Balaban J connectivity index is 2.06. The van der Waals surface area contributed by atoms with Gasteiger partial charge in [0.15, 0.2) is 0 Å². The first kappa shape index (κ1) is 12.2. The van der Waals surface area contributed by atoms with Crippen LogP contribution in [0.3, 0.4) is 0 Å². The zero-order chi connectivity index (χ0) is 13.1. The number of benzene rings is 2. The molecule has 94 valence electrons. The SMILES string of the molecule is NCc1cc2ccccc2nc1Sc1ccccc1. The Hall–Kier alpha value is -1.84. The summed E-state index contributed by atoms with van der Waals surface area (Å²) in [6.45, 7) is 0.507. The molecule has 0 amide bonds. The van der Waals surface area contributed by atoms with Crippen LogP contribution in [0.25, 0.3) is 10.9 Å². The quantitative estimate of drug-likeness (QED) is 0.782. The van der Waals surface area contributed by atoms with Crippen LogP contribution in [-0.4, -0.2) is 4.98 Å². The summed E-state index contributed by atoms with van der Waals surface area (Å²) in [7, 11) is 0. The highest BCUT2D eigenvalue weighted by Gasteiger charge is 2.07. The second kappa shape index (κ2) is 5.43. The fraction of sp³-hybridized carbons (Fsp3) is 0.0625. The topological polar surface area (TPSA) is 38.9 Å². The van der Waals surface area contributed by atoms with E-state index < -0.39 is 0 Å². The molecule has 3 heteroatoms. The minimum Gasteiger partial charge on any atom is -0.326 e. The molecular weight excluding hydrogens is 252 g/mol. The summed E-state index contributed by atoms with van der Waals surface area (Å²) < 4.78 is 0. The maximum Gasteiger partial charge on any atom is 0.106 e. The predicted molar refractivity (Wildman–Crippen MR) is 80.2 cm³/mol. The number of hydrogen-bond acceptors (Lipinski definition) is 3. The minimum absolute atomic E-state index is 0.507. The van der Waals surface area contributed by atoms with Crippen molar-refractivity contribution in [2.24, 2.45) is 5.73 Å². The molecule has 0 saturated heterocycles. The molecule has 0 saturated carbocycles. The van der Waals surface area contributed by atoms with Crippen molar-refractivity contribution in [3.63, 3.8) is 0 Å². The number of aromatic nitrogens is 1. The number of nitrogens with zero attached hydrogens (tertiary/aromatic N) is 1. The van der Waals surface area contributed by atoms with Crippen molar-refractivity contribution >= 4 is 22.7 Å². The monoisotopic (exact) mass is 266 g/mol. The number of hydrogen-bond donors (Lipinski definition) is 1. The van der Waals surface area contributed by atoms with E-state index in [0.717, 1.165) is 21.5 Å². The molecule has 0 atom stereocenters. The third kappa shape index (κ3) is 2.62. The molecule has 0 radical (unpaired) electrons. The lowest BCUT2D eigenvalue weighted by molar-refractivity contribution is 0.982. The van der Waals surface area contributed by atoms with Crippen molar-refractivity contribution in [3.05, 3.63) is 66.2 Å². The van der Waals surface area contributed by atoms with Crippen molar-refractivity contribution in [3.8, 4) is 0 Å². The van der Waals surface area contributed by atoms with E-state index in [1.54, 1.807) is 11.8 Å².